The monoisotopic (exact) mass is 625 g/mol. The van der Waals surface area contributed by atoms with Crippen LogP contribution in [0, 0.1) is 5.92 Å². The number of carbonyl (C=O) groups excluding carboxylic acids is 3. The van der Waals surface area contributed by atoms with Gasteiger partial charge in [-0.05, 0) is 61.8 Å². The summed E-state index contributed by atoms with van der Waals surface area (Å²) in [7, 11) is -1.92. The number of fused-ring (bicyclic) bond motifs is 2. The summed E-state index contributed by atoms with van der Waals surface area (Å²) in [5, 5.41) is 9.81. The van der Waals surface area contributed by atoms with Crippen LogP contribution in [0.3, 0.4) is 0 Å². The van der Waals surface area contributed by atoms with Crippen LogP contribution in [0.2, 0.25) is 18.6 Å². The van der Waals surface area contributed by atoms with Crippen LogP contribution >= 0.6 is 0 Å². The molecule has 0 radical (unpaired) electrons. The molecule has 3 saturated heterocycles. The van der Waals surface area contributed by atoms with Gasteiger partial charge in [0.25, 0.3) is 5.91 Å². The zero-order chi connectivity index (χ0) is 31.4. The van der Waals surface area contributed by atoms with Crippen LogP contribution < -0.4 is 14.5 Å². The quantitative estimate of drug-likeness (QED) is 0.343. The number of benzene rings is 2. The molecular formula is C32H40FN3O7Si. The molecule has 236 valence electrons. The molecule has 0 aliphatic carbocycles. The maximum atomic E-state index is 16.2. The van der Waals surface area contributed by atoms with Crippen LogP contribution in [-0.2, 0) is 31.2 Å². The summed E-state index contributed by atoms with van der Waals surface area (Å²) in [6.45, 7) is 6.47. The van der Waals surface area contributed by atoms with Crippen molar-refractivity contribution in [3.8, 4) is 5.75 Å². The van der Waals surface area contributed by atoms with Gasteiger partial charge in [0.05, 0.1) is 51.1 Å². The first-order chi connectivity index (χ1) is 21.0. The molecule has 12 heteroatoms. The Hall–Kier alpha value is -3.48. The van der Waals surface area contributed by atoms with E-state index in [0.29, 0.717) is 42.4 Å². The summed E-state index contributed by atoms with van der Waals surface area (Å²) >= 11 is 0. The number of amides is 3. The van der Waals surface area contributed by atoms with Crippen LogP contribution in [0.15, 0.2) is 42.5 Å². The van der Waals surface area contributed by atoms with Gasteiger partial charge in [0.1, 0.15) is 12.4 Å². The van der Waals surface area contributed by atoms with Gasteiger partial charge in [-0.3, -0.25) is 14.5 Å². The van der Waals surface area contributed by atoms with Crippen molar-refractivity contribution in [2.45, 2.75) is 69.1 Å². The van der Waals surface area contributed by atoms with Crippen molar-refractivity contribution in [2.75, 3.05) is 43.2 Å². The molecule has 10 nitrogen and oxygen atoms in total. The molecule has 0 bridgehead atoms. The van der Waals surface area contributed by atoms with Gasteiger partial charge >= 0.3 is 6.09 Å². The number of ether oxygens (including phenoxy) is 3. The lowest BCUT2D eigenvalue weighted by Crippen LogP contribution is -2.45. The van der Waals surface area contributed by atoms with Gasteiger partial charge in [0, 0.05) is 29.3 Å². The van der Waals surface area contributed by atoms with Crippen molar-refractivity contribution >= 4 is 37.7 Å². The van der Waals surface area contributed by atoms with Gasteiger partial charge in [-0.2, -0.15) is 0 Å². The number of halogens is 1. The van der Waals surface area contributed by atoms with Crippen LogP contribution in [0.1, 0.15) is 37.3 Å². The van der Waals surface area contributed by atoms with Crippen molar-refractivity contribution in [1.29, 1.82) is 0 Å². The van der Waals surface area contributed by atoms with E-state index in [4.69, 9.17) is 14.2 Å². The number of aliphatic hydroxyl groups is 1. The van der Waals surface area contributed by atoms with E-state index in [9.17, 15) is 19.5 Å². The second kappa shape index (κ2) is 11.5. The standard InChI is InChI=1S/C32H40FN3O7Si/c1-20-29(44(3,4)33)27(17-28(38)34-12-6-9-23(34)19-37)43-32(20)25-16-24(41-2)10-11-26(25)36(30(32)39)18-21-7-5-8-22(15-21)35-13-14-42-31(35)40/h5,7-8,10-11,15-16,20,23,27,29,37H,6,9,12-14,17-19H2,1-4H3/t20-,23-,27+,29-,32+/m0/s1. The fourth-order valence-corrected chi connectivity index (χ4v) is 10.3. The smallest absolute Gasteiger partial charge is 0.414 e. The molecule has 0 saturated carbocycles. The third kappa shape index (κ3) is 4.96. The third-order valence-electron chi connectivity index (χ3n) is 9.78. The molecule has 3 amide bonds. The molecule has 4 aliphatic heterocycles. The summed E-state index contributed by atoms with van der Waals surface area (Å²) in [5.74, 6) is -0.525. The highest BCUT2D eigenvalue weighted by atomic mass is 28.4. The van der Waals surface area contributed by atoms with Gasteiger partial charge in [-0.1, -0.05) is 19.1 Å². The SMILES string of the molecule is COc1ccc2c(c1)[C@@]1(O[C@H](CC(=O)N3CCC[C@H]3CO)[C@@H]([Si](C)(C)F)[C@@H]1C)C(=O)N2Cc1cccc(N2CCOC2=O)c1. The first kappa shape index (κ1) is 30.5. The number of anilines is 2. The van der Waals surface area contributed by atoms with Gasteiger partial charge < -0.3 is 33.2 Å². The molecule has 2 aromatic rings. The normalized spacial score (nSPS) is 28.3. The van der Waals surface area contributed by atoms with Crippen LogP contribution in [0.5, 0.6) is 5.75 Å². The molecule has 3 fully saturated rings. The summed E-state index contributed by atoms with van der Waals surface area (Å²) < 4.78 is 33.6. The molecule has 0 unspecified atom stereocenters. The Labute approximate surface area is 257 Å². The number of carbonyl (C=O) groups is 3. The average Bonchev–Trinajstić information content (AvgIpc) is 3.76. The lowest BCUT2D eigenvalue weighted by Gasteiger charge is -2.31. The van der Waals surface area contributed by atoms with E-state index < -0.39 is 37.7 Å². The molecule has 4 heterocycles. The van der Waals surface area contributed by atoms with Gasteiger partial charge in [0.15, 0.2) is 5.60 Å². The second-order valence-corrected chi connectivity index (χ2v) is 16.5. The third-order valence-corrected chi connectivity index (χ3v) is 12.2. The molecule has 44 heavy (non-hydrogen) atoms. The minimum atomic E-state index is -3.47. The number of rotatable bonds is 8. The number of cyclic esters (lactones) is 1. The maximum absolute atomic E-state index is 16.2. The molecule has 1 N–H and O–H groups in total. The molecular weight excluding hydrogens is 585 g/mol. The van der Waals surface area contributed by atoms with Crippen molar-refractivity contribution in [3.63, 3.8) is 0 Å². The Balaban J connectivity index is 1.37. The predicted molar refractivity (Wildman–Crippen MR) is 164 cm³/mol. The Kier molecular flexibility index (Phi) is 7.96. The number of nitrogens with zero attached hydrogens (tertiary/aromatic N) is 3. The second-order valence-electron chi connectivity index (χ2n) is 12.8. The fraction of sp³-hybridized carbons (Fsp3) is 0.531. The van der Waals surface area contributed by atoms with E-state index in [0.717, 1.165) is 18.4 Å². The van der Waals surface area contributed by atoms with Crippen molar-refractivity contribution in [3.05, 3.63) is 53.6 Å². The first-order valence-electron chi connectivity index (χ1n) is 15.3. The van der Waals surface area contributed by atoms with Crippen molar-refractivity contribution < 1.29 is 37.8 Å². The Morgan fingerprint density at radius 1 is 1.18 bits per heavy atom. The Bertz CT molecular complexity index is 1470. The summed E-state index contributed by atoms with van der Waals surface area (Å²) in [6.07, 6.45) is 0.246. The number of likely N-dealkylation sites (tertiary alicyclic amines) is 1. The molecule has 5 atom stereocenters. The average molecular weight is 626 g/mol. The number of hydrogen-bond acceptors (Lipinski definition) is 7. The van der Waals surface area contributed by atoms with Crippen LogP contribution in [-0.4, -0.2) is 81.9 Å². The predicted octanol–water partition coefficient (Wildman–Crippen LogP) is 4.35. The van der Waals surface area contributed by atoms with Crippen LogP contribution in [0.25, 0.3) is 0 Å². The van der Waals surface area contributed by atoms with Crippen molar-refractivity contribution in [2.24, 2.45) is 5.92 Å². The molecule has 0 aromatic heterocycles. The zero-order valence-corrected chi connectivity index (χ0v) is 26.6. The van der Waals surface area contributed by atoms with Crippen LogP contribution in [0.4, 0.5) is 20.3 Å². The Morgan fingerprint density at radius 2 is 1.98 bits per heavy atom. The van der Waals surface area contributed by atoms with E-state index in [1.165, 1.54) is 0 Å². The fourth-order valence-electron chi connectivity index (χ4n) is 7.79. The highest BCUT2D eigenvalue weighted by molar-refractivity contribution is 6.72. The van der Waals surface area contributed by atoms with E-state index in [1.807, 2.05) is 37.3 Å². The highest BCUT2D eigenvalue weighted by Gasteiger charge is 2.67. The summed E-state index contributed by atoms with van der Waals surface area (Å²) in [5.41, 5.74) is 0.576. The molecule has 2 aromatic carbocycles. The van der Waals surface area contributed by atoms with E-state index >= 15 is 4.11 Å². The van der Waals surface area contributed by atoms with Gasteiger partial charge in [0.2, 0.25) is 14.3 Å². The van der Waals surface area contributed by atoms with E-state index in [2.05, 4.69) is 0 Å². The largest absolute Gasteiger partial charge is 0.497 e. The number of hydrogen-bond donors (Lipinski definition) is 1. The number of methoxy groups -OCH3 is 1. The topological polar surface area (TPSA) is 109 Å². The minimum Gasteiger partial charge on any atom is -0.497 e. The zero-order valence-electron chi connectivity index (χ0n) is 25.6. The van der Waals surface area contributed by atoms with Gasteiger partial charge in [-0.15, -0.1) is 0 Å². The van der Waals surface area contributed by atoms with Crippen molar-refractivity contribution in [1.82, 2.24) is 4.90 Å². The highest BCUT2D eigenvalue weighted by Crippen LogP contribution is 2.60. The molecule has 4 aliphatic rings. The maximum Gasteiger partial charge on any atom is 0.414 e. The van der Waals surface area contributed by atoms with E-state index in [1.54, 1.807) is 47.0 Å². The lowest BCUT2D eigenvalue weighted by molar-refractivity contribution is -0.150. The molecule has 1 spiro atoms. The Morgan fingerprint density at radius 3 is 2.66 bits per heavy atom. The minimum absolute atomic E-state index is 0.0613. The first-order valence-corrected chi connectivity index (χ1v) is 18.3. The molecule has 6 rings (SSSR count). The van der Waals surface area contributed by atoms with E-state index in [-0.39, 0.29) is 37.4 Å². The van der Waals surface area contributed by atoms with Gasteiger partial charge in [-0.25, -0.2) is 4.79 Å². The lowest BCUT2D eigenvalue weighted by atomic mass is 9.82. The summed E-state index contributed by atoms with van der Waals surface area (Å²) in [4.78, 5) is 45.3. The summed E-state index contributed by atoms with van der Waals surface area (Å²) in [6, 6.07) is 12.6. The number of aliphatic hydroxyl groups excluding tert-OH is 1.